The van der Waals surface area contributed by atoms with E-state index in [1.807, 2.05) is 6.07 Å². The van der Waals surface area contributed by atoms with Gasteiger partial charge in [0.2, 0.25) is 0 Å². The highest BCUT2D eigenvalue weighted by atomic mass is 35.5. The number of aromatic nitrogens is 1. The van der Waals surface area contributed by atoms with Gasteiger partial charge in [-0.2, -0.15) is 0 Å². The predicted octanol–water partition coefficient (Wildman–Crippen LogP) is 0.805. The van der Waals surface area contributed by atoms with Gasteiger partial charge in [0.05, 0.1) is 0 Å². The van der Waals surface area contributed by atoms with Crippen LogP contribution >= 0.6 is 11.6 Å². The largest absolute Gasteiger partial charge is 0.396 e. The zero-order chi connectivity index (χ0) is 9.68. The number of rotatable bonds is 4. The summed E-state index contributed by atoms with van der Waals surface area (Å²) in [6, 6.07) is 1.86. The van der Waals surface area contributed by atoms with Gasteiger partial charge in [0.25, 0.3) is 0 Å². The summed E-state index contributed by atoms with van der Waals surface area (Å²) >= 11 is 5.79. The van der Waals surface area contributed by atoms with Gasteiger partial charge in [0, 0.05) is 19.4 Å². The van der Waals surface area contributed by atoms with Crippen LogP contribution < -0.4 is 0 Å². The Kier molecular flexibility index (Phi) is 4.15. The molecule has 0 amide bonds. The Morgan fingerprint density at radius 1 is 1.23 bits per heavy atom. The monoisotopic (exact) mass is 201 g/mol. The quantitative estimate of drug-likeness (QED) is 0.709. The van der Waals surface area contributed by atoms with Crippen LogP contribution in [0.2, 0.25) is 5.15 Å². The highest BCUT2D eigenvalue weighted by molar-refractivity contribution is 6.30. The van der Waals surface area contributed by atoms with Gasteiger partial charge in [-0.05, 0) is 24.0 Å². The molecule has 0 saturated carbocycles. The Morgan fingerprint density at radius 3 is 2.54 bits per heavy atom. The minimum Gasteiger partial charge on any atom is -0.396 e. The summed E-state index contributed by atoms with van der Waals surface area (Å²) in [5.41, 5.74) is 1.77. The molecule has 13 heavy (non-hydrogen) atoms. The van der Waals surface area contributed by atoms with E-state index >= 15 is 0 Å². The maximum absolute atomic E-state index is 8.73. The minimum atomic E-state index is 0.0595. The van der Waals surface area contributed by atoms with E-state index in [4.69, 9.17) is 21.8 Å². The van der Waals surface area contributed by atoms with Crippen molar-refractivity contribution in [1.82, 2.24) is 4.98 Å². The molecule has 1 aromatic rings. The highest BCUT2D eigenvalue weighted by Gasteiger charge is 2.02. The van der Waals surface area contributed by atoms with Crippen molar-refractivity contribution in [2.45, 2.75) is 12.8 Å². The molecule has 1 aromatic heterocycles. The Labute approximate surface area is 82.0 Å². The molecule has 0 aliphatic rings. The van der Waals surface area contributed by atoms with E-state index in [1.54, 1.807) is 6.20 Å². The first-order valence-electron chi connectivity index (χ1n) is 4.13. The second-order valence-corrected chi connectivity index (χ2v) is 3.10. The maximum Gasteiger partial charge on any atom is 0.132 e. The zero-order valence-electron chi connectivity index (χ0n) is 7.20. The Bertz CT molecular complexity index is 278. The average molecular weight is 202 g/mol. The molecule has 0 aliphatic heterocycles. The molecule has 2 N–H and O–H groups in total. The molecule has 1 heterocycles. The first-order valence-corrected chi connectivity index (χ1v) is 4.50. The maximum atomic E-state index is 8.73. The van der Waals surface area contributed by atoms with Gasteiger partial charge < -0.3 is 10.2 Å². The third-order valence-corrected chi connectivity index (χ3v) is 2.09. The number of hydrogen-bond donors (Lipinski definition) is 2. The summed E-state index contributed by atoms with van der Waals surface area (Å²) in [5.74, 6) is 0. The summed E-state index contributed by atoms with van der Waals surface area (Å²) in [4.78, 5) is 3.96. The molecule has 0 bridgehead atoms. The van der Waals surface area contributed by atoms with E-state index in [1.165, 1.54) is 0 Å². The van der Waals surface area contributed by atoms with Crippen LogP contribution in [0.5, 0.6) is 0 Å². The summed E-state index contributed by atoms with van der Waals surface area (Å²) in [7, 11) is 0. The number of hydrogen-bond acceptors (Lipinski definition) is 3. The van der Waals surface area contributed by atoms with Gasteiger partial charge in [-0.1, -0.05) is 17.7 Å². The second-order valence-electron chi connectivity index (χ2n) is 2.74. The van der Waals surface area contributed by atoms with Crippen molar-refractivity contribution in [3.63, 3.8) is 0 Å². The summed E-state index contributed by atoms with van der Waals surface area (Å²) in [5, 5.41) is 17.9. The SMILES string of the molecule is OCCc1cnc(Cl)c(CCO)c1. The molecule has 3 nitrogen and oxygen atoms in total. The molecule has 0 aliphatic carbocycles. The van der Waals surface area contributed by atoms with E-state index in [-0.39, 0.29) is 13.2 Å². The molecule has 0 fully saturated rings. The first-order chi connectivity index (χ1) is 6.27. The average Bonchev–Trinajstić information content (AvgIpc) is 2.12. The van der Waals surface area contributed by atoms with Crippen molar-refractivity contribution < 1.29 is 10.2 Å². The lowest BCUT2D eigenvalue weighted by Crippen LogP contribution is -1.98. The number of halogens is 1. The number of aliphatic hydroxyl groups is 2. The highest BCUT2D eigenvalue weighted by Crippen LogP contribution is 2.14. The van der Waals surface area contributed by atoms with Crippen LogP contribution in [0.3, 0.4) is 0 Å². The van der Waals surface area contributed by atoms with Crippen LogP contribution in [0.1, 0.15) is 11.1 Å². The van der Waals surface area contributed by atoms with Crippen molar-refractivity contribution in [3.8, 4) is 0 Å². The van der Waals surface area contributed by atoms with Crippen LogP contribution in [0, 0.1) is 0 Å². The van der Waals surface area contributed by atoms with E-state index in [2.05, 4.69) is 4.98 Å². The summed E-state index contributed by atoms with van der Waals surface area (Å²) in [6.07, 6.45) is 2.72. The first kappa shape index (κ1) is 10.4. The van der Waals surface area contributed by atoms with Gasteiger partial charge in [-0.25, -0.2) is 4.98 Å². The molecule has 72 valence electrons. The fourth-order valence-electron chi connectivity index (χ4n) is 1.10. The molecule has 0 aromatic carbocycles. The summed E-state index contributed by atoms with van der Waals surface area (Å²) in [6.45, 7) is 0.159. The van der Waals surface area contributed by atoms with Gasteiger partial charge in [0.1, 0.15) is 5.15 Å². The van der Waals surface area contributed by atoms with Crippen molar-refractivity contribution in [3.05, 3.63) is 28.5 Å². The molecule has 0 spiro atoms. The van der Waals surface area contributed by atoms with Crippen LogP contribution in [0.15, 0.2) is 12.3 Å². The predicted molar refractivity (Wildman–Crippen MR) is 50.8 cm³/mol. The normalized spacial score (nSPS) is 10.4. The van der Waals surface area contributed by atoms with Crippen LogP contribution in [0.25, 0.3) is 0 Å². The standard InChI is InChI=1S/C9H12ClNO2/c10-9-8(2-4-13)5-7(1-3-12)6-11-9/h5-6,12-13H,1-4H2. The Balaban J connectivity index is 2.83. The van der Waals surface area contributed by atoms with Gasteiger partial charge in [-0.15, -0.1) is 0 Å². The third-order valence-electron chi connectivity index (χ3n) is 1.75. The van der Waals surface area contributed by atoms with Crippen molar-refractivity contribution in [2.75, 3.05) is 13.2 Å². The minimum absolute atomic E-state index is 0.0595. The van der Waals surface area contributed by atoms with Crippen LogP contribution in [0.4, 0.5) is 0 Å². The molecule has 4 heteroatoms. The van der Waals surface area contributed by atoms with E-state index in [9.17, 15) is 0 Å². The molecule has 0 radical (unpaired) electrons. The number of aliphatic hydroxyl groups excluding tert-OH is 2. The molecule has 0 atom stereocenters. The molecular formula is C9H12ClNO2. The molecule has 0 saturated heterocycles. The topological polar surface area (TPSA) is 53.4 Å². The lowest BCUT2D eigenvalue weighted by atomic mass is 10.1. The van der Waals surface area contributed by atoms with Crippen molar-refractivity contribution in [1.29, 1.82) is 0 Å². The third kappa shape index (κ3) is 2.95. The van der Waals surface area contributed by atoms with Crippen molar-refractivity contribution in [2.24, 2.45) is 0 Å². The lowest BCUT2D eigenvalue weighted by molar-refractivity contribution is 0.298. The van der Waals surface area contributed by atoms with Gasteiger partial charge in [0.15, 0.2) is 0 Å². The van der Waals surface area contributed by atoms with Crippen LogP contribution in [-0.2, 0) is 12.8 Å². The zero-order valence-corrected chi connectivity index (χ0v) is 7.96. The summed E-state index contributed by atoms with van der Waals surface area (Å²) < 4.78 is 0. The lowest BCUT2D eigenvalue weighted by Gasteiger charge is -2.04. The molecular weight excluding hydrogens is 190 g/mol. The fourth-order valence-corrected chi connectivity index (χ4v) is 1.30. The van der Waals surface area contributed by atoms with E-state index in [0.717, 1.165) is 11.1 Å². The van der Waals surface area contributed by atoms with E-state index < -0.39 is 0 Å². The number of nitrogens with zero attached hydrogens (tertiary/aromatic N) is 1. The fraction of sp³-hybridized carbons (Fsp3) is 0.444. The molecule has 1 rings (SSSR count). The second kappa shape index (κ2) is 5.17. The number of pyridine rings is 1. The van der Waals surface area contributed by atoms with Crippen molar-refractivity contribution >= 4 is 11.6 Å². The van der Waals surface area contributed by atoms with Crippen LogP contribution in [-0.4, -0.2) is 28.4 Å². The Hall–Kier alpha value is -0.640. The van der Waals surface area contributed by atoms with Gasteiger partial charge in [-0.3, -0.25) is 0 Å². The van der Waals surface area contributed by atoms with Gasteiger partial charge >= 0.3 is 0 Å². The Morgan fingerprint density at radius 2 is 1.92 bits per heavy atom. The smallest absolute Gasteiger partial charge is 0.132 e. The van der Waals surface area contributed by atoms with E-state index in [0.29, 0.717) is 18.0 Å². The molecule has 0 unspecified atom stereocenters.